The summed E-state index contributed by atoms with van der Waals surface area (Å²) in [5.41, 5.74) is -0.803. The number of alkyl halides is 3. The largest absolute Gasteiger partial charge is 0.433 e. The second-order valence-electron chi connectivity index (χ2n) is 4.48. The highest BCUT2D eigenvalue weighted by Crippen LogP contribution is 2.27. The molecular formula is C13H12F3N5O2. The molecule has 0 radical (unpaired) electrons. The maximum atomic E-state index is 12.4. The number of nitrogens with one attached hydrogen (secondary N) is 2. The minimum absolute atomic E-state index is 0.0196. The van der Waals surface area contributed by atoms with Crippen molar-refractivity contribution in [2.75, 3.05) is 12.4 Å². The van der Waals surface area contributed by atoms with E-state index in [1.807, 2.05) is 0 Å². The van der Waals surface area contributed by atoms with Crippen LogP contribution in [0.25, 0.3) is 0 Å². The van der Waals surface area contributed by atoms with Crippen LogP contribution in [0.15, 0.2) is 30.7 Å². The number of nitrogens with zero attached hydrogens (tertiary/aromatic N) is 3. The Kier molecular flexibility index (Phi) is 4.63. The molecule has 0 atom stereocenters. The first kappa shape index (κ1) is 16.5. The molecule has 2 heterocycles. The predicted molar refractivity (Wildman–Crippen MR) is 73.5 cm³/mol. The van der Waals surface area contributed by atoms with Gasteiger partial charge in [0.15, 0.2) is 0 Å². The van der Waals surface area contributed by atoms with Crippen LogP contribution in [0.4, 0.5) is 18.9 Å². The zero-order valence-corrected chi connectivity index (χ0v) is 11.9. The van der Waals surface area contributed by atoms with Crippen LogP contribution in [0.5, 0.6) is 0 Å². The van der Waals surface area contributed by atoms with Crippen LogP contribution in [0, 0.1) is 0 Å². The molecule has 122 valence electrons. The highest BCUT2D eigenvalue weighted by Gasteiger charge is 2.32. The van der Waals surface area contributed by atoms with Crippen molar-refractivity contribution in [2.24, 2.45) is 0 Å². The summed E-state index contributed by atoms with van der Waals surface area (Å²) >= 11 is 0. The number of carbonyl (C=O) groups excluding carboxylic acids is 2. The van der Waals surface area contributed by atoms with Crippen molar-refractivity contribution in [3.63, 3.8) is 0 Å². The molecule has 0 aliphatic carbocycles. The maximum Gasteiger partial charge on any atom is 0.433 e. The Morgan fingerprint density at radius 3 is 2.57 bits per heavy atom. The molecule has 0 aliphatic heterocycles. The van der Waals surface area contributed by atoms with Gasteiger partial charge in [0, 0.05) is 19.4 Å². The Bertz CT molecular complexity index is 709. The van der Waals surface area contributed by atoms with E-state index >= 15 is 0 Å². The summed E-state index contributed by atoms with van der Waals surface area (Å²) in [7, 11) is 1.48. The molecule has 23 heavy (non-hydrogen) atoms. The molecule has 2 N–H and O–H groups in total. The van der Waals surface area contributed by atoms with Crippen molar-refractivity contribution in [2.45, 2.75) is 12.7 Å². The minimum atomic E-state index is -4.56. The molecule has 0 bridgehead atoms. The molecular weight excluding hydrogens is 315 g/mol. The number of hydrogen-bond acceptors (Lipinski definition) is 4. The summed E-state index contributed by atoms with van der Waals surface area (Å²) in [4.78, 5) is 26.3. The molecule has 0 unspecified atom stereocenters. The molecule has 0 saturated carbocycles. The molecule has 7 nitrogen and oxygen atoms in total. The Morgan fingerprint density at radius 1 is 1.26 bits per heavy atom. The quantitative estimate of drug-likeness (QED) is 0.886. The van der Waals surface area contributed by atoms with Gasteiger partial charge in [-0.15, -0.1) is 0 Å². The summed E-state index contributed by atoms with van der Waals surface area (Å²) in [5.74, 6) is -0.899. The van der Waals surface area contributed by atoms with E-state index < -0.39 is 17.8 Å². The lowest BCUT2D eigenvalue weighted by atomic mass is 10.2. The molecule has 10 heteroatoms. The van der Waals surface area contributed by atoms with Gasteiger partial charge in [0.25, 0.3) is 5.91 Å². The van der Waals surface area contributed by atoms with Gasteiger partial charge in [0.05, 0.1) is 17.4 Å². The van der Waals surface area contributed by atoms with E-state index in [1.54, 1.807) is 0 Å². The Labute approximate surface area is 128 Å². The van der Waals surface area contributed by atoms with Crippen molar-refractivity contribution in [3.05, 3.63) is 42.0 Å². The minimum Gasteiger partial charge on any atom is -0.358 e. The van der Waals surface area contributed by atoms with Crippen LogP contribution in [0.3, 0.4) is 0 Å². The lowest BCUT2D eigenvalue weighted by Gasteiger charge is -2.06. The zero-order chi connectivity index (χ0) is 17.0. The number of amides is 2. The first-order valence-electron chi connectivity index (χ1n) is 6.37. The first-order valence-corrected chi connectivity index (χ1v) is 6.37. The van der Waals surface area contributed by atoms with Crippen LogP contribution in [-0.2, 0) is 17.5 Å². The average Bonchev–Trinajstić information content (AvgIpc) is 2.93. The molecule has 2 aromatic heterocycles. The van der Waals surface area contributed by atoms with Gasteiger partial charge in [-0.05, 0) is 12.1 Å². The lowest BCUT2D eigenvalue weighted by molar-refractivity contribution is -0.141. The zero-order valence-electron chi connectivity index (χ0n) is 11.9. The van der Waals surface area contributed by atoms with Crippen molar-refractivity contribution in [1.29, 1.82) is 0 Å². The number of aromatic nitrogens is 3. The average molecular weight is 327 g/mol. The number of pyridine rings is 1. The summed E-state index contributed by atoms with van der Waals surface area (Å²) in [6.07, 6.45) is -0.980. The standard InChI is InChI=1S/C13H12F3N5O2/c1-17-11(22)7-21-6-9(5-19-21)20-12(23)8-2-3-10(18-4-8)13(14,15)16/h2-6H,7H2,1H3,(H,17,22)(H,20,23). The van der Waals surface area contributed by atoms with E-state index in [1.165, 1.54) is 24.1 Å². The first-order chi connectivity index (χ1) is 10.8. The maximum absolute atomic E-state index is 12.4. The second-order valence-corrected chi connectivity index (χ2v) is 4.48. The van der Waals surface area contributed by atoms with Gasteiger partial charge >= 0.3 is 6.18 Å². The summed E-state index contributed by atoms with van der Waals surface area (Å²) in [5, 5.41) is 8.75. The number of hydrogen-bond donors (Lipinski definition) is 2. The van der Waals surface area contributed by atoms with Gasteiger partial charge in [-0.25, -0.2) is 0 Å². The van der Waals surface area contributed by atoms with Crippen molar-refractivity contribution >= 4 is 17.5 Å². The lowest BCUT2D eigenvalue weighted by Crippen LogP contribution is -2.23. The SMILES string of the molecule is CNC(=O)Cn1cc(NC(=O)c2ccc(C(F)(F)F)nc2)cn1. The summed E-state index contributed by atoms with van der Waals surface area (Å²) in [6.45, 7) is -0.0196. The van der Waals surface area contributed by atoms with E-state index in [-0.39, 0.29) is 18.0 Å². The predicted octanol–water partition coefficient (Wildman–Crippen LogP) is 1.30. The second kappa shape index (κ2) is 6.46. The normalized spacial score (nSPS) is 11.1. The van der Waals surface area contributed by atoms with Crippen LogP contribution < -0.4 is 10.6 Å². The number of likely N-dealkylation sites (N-methyl/N-ethyl adjacent to an activating group) is 1. The van der Waals surface area contributed by atoms with Crippen molar-refractivity contribution in [1.82, 2.24) is 20.1 Å². The van der Waals surface area contributed by atoms with E-state index in [4.69, 9.17) is 0 Å². The van der Waals surface area contributed by atoms with Crippen LogP contribution in [-0.4, -0.2) is 33.6 Å². The third-order valence-electron chi connectivity index (χ3n) is 2.79. The fourth-order valence-corrected chi connectivity index (χ4v) is 1.64. The highest BCUT2D eigenvalue weighted by atomic mass is 19.4. The highest BCUT2D eigenvalue weighted by molar-refractivity contribution is 6.03. The number of carbonyl (C=O) groups is 2. The molecule has 2 aromatic rings. The summed E-state index contributed by atoms with van der Waals surface area (Å²) < 4.78 is 38.5. The monoisotopic (exact) mass is 327 g/mol. The summed E-state index contributed by atoms with van der Waals surface area (Å²) in [6, 6.07) is 1.75. The van der Waals surface area contributed by atoms with Gasteiger partial charge in [0.2, 0.25) is 5.91 Å². The van der Waals surface area contributed by atoms with Crippen LogP contribution >= 0.6 is 0 Å². The smallest absolute Gasteiger partial charge is 0.358 e. The fourth-order valence-electron chi connectivity index (χ4n) is 1.64. The molecule has 2 rings (SSSR count). The van der Waals surface area contributed by atoms with E-state index in [9.17, 15) is 22.8 Å². The van der Waals surface area contributed by atoms with E-state index in [2.05, 4.69) is 20.7 Å². The molecule has 0 spiro atoms. The molecule has 0 aromatic carbocycles. The van der Waals surface area contributed by atoms with Gasteiger partial charge in [-0.2, -0.15) is 18.3 Å². The molecule has 0 fully saturated rings. The molecule has 0 aliphatic rings. The molecule has 2 amide bonds. The van der Waals surface area contributed by atoms with Gasteiger partial charge in [0.1, 0.15) is 12.2 Å². The Hall–Kier alpha value is -2.91. The fraction of sp³-hybridized carbons (Fsp3) is 0.231. The van der Waals surface area contributed by atoms with Gasteiger partial charge in [-0.1, -0.05) is 0 Å². The van der Waals surface area contributed by atoms with E-state index in [0.717, 1.165) is 18.3 Å². The number of rotatable bonds is 4. The van der Waals surface area contributed by atoms with Gasteiger partial charge < -0.3 is 10.6 Å². The molecule has 0 saturated heterocycles. The number of anilines is 1. The van der Waals surface area contributed by atoms with E-state index in [0.29, 0.717) is 5.69 Å². The van der Waals surface area contributed by atoms with Gasteiger partial charge in [-0.3, -0.25) is 19.3 Å². The van der Waals surface area contributed by atoms with Crippen LogP contribution in [0.2, 0.25) is 0 Å². The Morgan fingerprint density at radius 2 is 2.00 bits per heavy atom. The van der Waals surface area contributed by atoms with Crippen LogP contribution in [0.1, 0.15) is 16.1 Å². The van der Waals surface area contributed by atoms with Crippen molar-refractivity contribution in [3.8, 4) is 0 Å². The number of halogens is 3. The Balaban J connectivity index is 2.03. The topological polar surface area (TPSA) is 88.9 Å². The third kappa shape index (κ3) is 4.28. The third-order valence-corrected chi connectivity index (χ3v) is 2.79. The van der Waals surface area contributed by atoms with Crippen molar-refractivity contribution < 1.29 is 22.8 Å².